The lowest BCUT2D eigenvalue weighted by atomic mass is 10.2. The van der Waals surface area contributed by atoms with E-state index in [1.54, 1.807) is 0 Å². The maximum Gasteiger partial charge on any atom is 0.216 e. The molecule has 9 heteroatoms. The number of hydrogen-bond acceptors (Lipinski definition) is 7. The number of hydrogen-bond donors (Lipinski definition) is 2. The van der Waals surface area contributed by atoms with E-state index in [0.717, 1.165) is 17.1 Å². The van der Waals surface area contributed by atoms with Crippen molar-refractivity contribution in [2.45, 2.75) is 25.9 Å². The van der Waals surface area contributed by atoms with Gasteiger partial charge < -0.3 is 10.3 Å². The van der Waals surface area contributed by atoms with Gasteiger partial charge in [-0.1, -0.05) is 16.9 Å². The SMILES string of the molecule is Cc1cc(-n2c(C)cc(C(=O)CSc3n[nH]c(N)n3)c2C)no1. The Bertz CT molecular complexity index is 863. The average Bonchev–Trinajstić information content (AvgIpc) is 3.17. The van der Waals surface area contributed by atoms with Crippen molar-refractivity contribution >= 4 is 23.5 Å². The minimum Gasteiger partial charge on any atom is -0.368 e. The number of carbonyl (C=O) groups is 1. The largest absolute Gasteiger partial charge is 0.368 e. The monoisotopic (exact) mass is 332 g/mol. The summed E-state index contributed by atoms with van der Waals surface area (Å²) in [7, 11) is 0. The first-order valence-electron chi connectivity index (χ1n) is 6.92. The van der Waals surface area contributed by atoms with Gasteiger partial charge in [0.15, 0.2) is 11.6 Å². The Morgan fingerprint density at radius 1 is 1.39 bits per heavy atom. The molecule has 8 nitrogen and oxygen atoms in total. The zero-order valence-electron chi connectivity index (χ0n) is 13.0. The number of Topliss-reactive ketones (excluding diaryl/α,β-unsaturated/α-hetero) is 1. The van der Waals surface area contributed by atoms with Crippen molar-refractivity contribution in [1.29, 1.82) is 0 Å². The van der Waals surface area contributed by atoms with E-state index in [1.807, 2.05) is 37.5 Å². The fourth-order valence-electron chi connectivity index (χ4n) is 2.39. The van der Waals surface area contributed by atoms with Gasteiger partial charge >= 0.3 is 0 Å². The average molecular weight is 332 g/mol. The number of aromatic amines is 1. The van der Waals surface area contributed by atoms with E-state index in [2.05, 4.69) is 20.3 Å². The normalized spacial score (nSPS) is 11.1. The number of H-pyrrole nitrogens is 1. The summed E-state index contributed by atoms with van der Waals surface area (Å²) in [5.41, 5.74) is 7.87. The van der Waals surface area contributed by atoms with Gasteiger partial charge in [0.25, 0.3) is 0 Å². The molecule has 23 heavy (non-hydrogen) atoms. The van der Waals surface area contributed by atoms with Gasteiger partial charge in [0, 0.05) is 23.0 Å². The minimum absolute atomic E-state index is 0.00191. The molecule has 0 aromatic carbocycles. The molecule has 3 heterocycles. The van der Waals surface area contributed by atoms with Crippen LogP contribution in [0.4, 0.5) is 5.95 Å². The van der Waals surface area contributed by atoms with Crippen molar-refractivity contribution in [3.05, 3.63) is 34.8 Å². The van der Waals surface area contributed by atoms with E-state index in [9.17, 15) is 4.79 Å². The Kier molecular flexibility index (Phi) is 3.95. The molecule has 0 aliphatic heterocycles. The molecular weight excluding hydrogens is 316 g/mol. The third-order valence-electron chi connectivity index (χ3n) is 3.39. The molecule has 120 valence electrons. The quantitative estimate of drug-likeness (QED) is 0.542. The van der Waals surface area contributed by atoms with Crippen molar-refractivity contribution in [2.75, 3.05) is 11.5 Å². The third kappa shape index (κ3) is 3.00. The molecule has 3 aromatic rings. The van der Waals surface area contributed by atoms with Crippen molar-refractivity contribution in [3.8, 4) is 5.82 Å². The highest BCUT2D eigenvalue weighted by Crippen LogP contribution is 2.23. The predicted octanol–water partition coefficient (Wildman–Crippen LogP) is 2.07. The fourth-order valence-corrected chi connectivity index (χ4v) is 3.08. The van der Waals surface area contributed by atoms with Gasteiger partial charge in [-0.15, -0.1) is 5.10 Å². The highest BCUT2D eigenvalue weighted by Gasteiger charge is 2.19. The number of aromatic nitrogens is 5. The summed E-state index contributed by atoms with van der Waals surface area (Å²) in [4.78, 5) is 16.4. The van der Waals surface area contributed by atoms with Crippen LogP contribution in [-0.2, 0) is 0 Å². The van der Waals surface area contributed by atoms with Crippen molar-refractivity contribution < 1.29 is 9.32 Å². The topological polar surface area (TPSA) is 116 Å². The van der Waals surface area contributed by atoms with E-state index < -0.39 is 0 Å². The molecular formula is C14H16N6O2S. The van der Waals surface area contributed by atoms with Crippen LogP contribution in [0.15, 0.2) is 21.8 Å². The standard InChI is InChI=1S/C14H16N6O2S/c1-7-4-10(9(3)20(7)12-5-8(2)22-19-12)11(21)6-23-14-16-13(15)17-18-14/h4-5H,6H2,1-3H3,(H3,15,16,17,18). The van der Waals surface area contributed by atoms with E-state index >= 15 is 0 Å². The van der Waals surface area contributed by atoms with Gasteiger partial charge in [-0.25, -0.2) is 5.10 Å². The molecule has 0 saturated carbocycles. The maximum atomic E-state index is 12.5. The number of nitrogens with zero attached hydrogens (tertiary/aromatic N) is 4. The number of aryl methyl sites for hydroxylation is 2. The summed E-state index contributed by atoms with van der Waals surface area (Å²) in [6, 6.07) is 3.69. The van der Waals surface area contributed by atoms with Gasteiger partial charge in [0.05, 0.1) is 5.75 Å². The van der Waals surface area contributed by atoms with E-state index in [1.165, 1.54) is 11.8 Å². The molecule has 0 fully saturated rings. The number of ketones is 1. The van der Waals surface area contributed by atoms with Crippen LogP contribution in [0, 0.1) is 20.8 Å². The van der Waals surface area contributed by atoms with Crippen LogP contribution >= 0.6 is 11.8 Å². The van der Waals surface area contributed by atoms with Crippen LogP contribution in [-0.4, -0.2) is 36.4 Å². The fraction of sp³-hybridized carbons (Fsp3) is 0.286. The summed E-state index contributed by atoms with van der Waals surface area (Å²) in [6.45, 7) is 5.65. The molecule has 0 aliphatic rings. The van der Waals surface area contributed by atoms with Crippen molar-refractivity contribution in [1.82, 2.24) is 24.9 Å². The number of nitrogens with two attached hydrogens (primary N) is 1. The zero-order chi connectivity index (χ0) is 16.6. The molecule has 0 saturated heterocycles. The molecule has 0 atom stereocenters. The smallest absolute Gasteiger partial charge is 0.216 e. The number of anilines is 1. The van der Waals surface area contributed by atoms with Crippen LogP contribution in [0.1, 0.15) is 27.5 Å². The van der Waals surface area contributed by atoms with Gasteiger partial charge in [-0.05, 0) is 26.8 Å². The van der Waals surface area contributed by atoms with Crippen LogP contribution in [0.3, 0.4) is 0 Å². The van der Waals surface area contributed by atoms with Crippen molar-refractivity contribution in [3.63, 3.8) is 0 Å². The summed E-state index contributed by atoms with van der Waals surface area (Å²) in [5.74, 6) is 1.86. The molecule has 0 spiro atoms. The number of thioether (sulfide) groups is 1. The van der Waals surface area contributed by atoms with E-state index in [4.69, 9.17) is 10.3 Å². The Labute approximate surface area is 136 Å². The van der Waals surface area contributed by atoms with Gasteiger partial charge in [-0.2, -0.15) is 4.98 Å². The molecule has 0 unspecified atom stereocenters. The lowest BCUT2D eigenvalue weighted by Crippen LogP contribution is -2.06. The van der Waals surface area contributed by atoms with Crippen LogP contribution in [0.25, 0.3) is 5.82 Å². The second-order valence-electron chi connectivity index (χ2n) is 5.13. The second kappa shape index (κ2) is 5.92. The number of rotatable bonds is 5. The number of nitrogens with one attached hydrogen (secondary N) is 1. The number of nitrogen functional groups attached to an aromatic ring is 1. The van der Waals surface area contributed by atoms with Crippen LogP contribution in [0.2, 0.25) is 0 Å². The molecule has 0 radical (unpaired) electrons. The molecule has 3 aromatic heterocycles. The first kappa shape index (κ1) is 15.3. The van der Waals surface area contributed by atoms with Gasteiger partial charge in [0.1, 0.15) is 5.76 Å². The molecule has 0 aliphatic carbocycles. The van der Waals surface area contributed by atoms with E-state index in [-0.39, 0.29) is 17.5 Å². The predicted molar refractivity (Wildman–Crippen MR) is 85.9 cm³/mol. The summed E-state index contributed by atoms with van der Waals surface area (Å²) >= 11 is 1.24. The minimum atomic E-state index is -0.00191. The second-order valence-corrected chi connectivity index (χ2v) is 6.07. The number of carbonyl (C=O) groups excluding carboxylic acids is 1. The maximum absolute atomic E-state index is 12.5. The van der Waals surface area contributed by atoms with Crippen LogP contribution < -0.4 is 5.73 Å². The summed E-state index contributed by atoms with van der Waals surface area (Å²) in [5, 5.41) is 10.9. The van der Waals surface area contributed by atoms with Gasteiger partial charge in [-0.3, -0.25) is 9.36 Å². The lowest BCUT2D eigenvalue weighted by molar-refractivity contribution is 0.102. The Balaban J connectivity index is 1.81. The highest BCUT2D eigenvalue weighted by atomic mass is 32.2. The molecule has 3 rings (SSSR count). The molecule has 0 bridgehead atoms. The highest BCUT2D eigenvalue weighted by molar-refractivity contribution is 7.99. The summed E-state index contributed by atoms with van der Waals surface area (Å²) < 4.78 is 7.02. The zero-order valence-corrected chi connectivity index (χ0v) is 13.8. The van der Waals surface area contributed by atoms with Gasteiger partial charge in [0.2, 0.25) is 11.1 Å². The first-order valence-corrected chi connectivity index (χ1v) is 7.91. The molecule has 3 N–H and O–H groups in total. The molecule has 0 amide bonds. The third-order valence-corrected chi connectivity index (χ3v) is 4.24. The first-order chi connectivity index (χ1) is 11.0. The Morgan fingerprint density at radius 2 is 2.17 bits per heavy atom. The Hall–Kier alpha value is -2.55. The van der Waals surface area contributed by atoms with Crippen LogP contribution in [0.5, 0.6) is 0 Å². The lowest BCUT2D eigenvalue weighted by Gasteiger charge is -2.04. The van der Waals surface area contributed by atoms with E-state index in [0.29, 0.717) is 16.5 Å². The Morgan fingerprint density at radius 3 is 2.78 bits per heavy atom. The summed E-state index contributed by atoms with van der Waals surface area (Å²) in [6.07, 6.45) is 0. The van der Waals surface area contributed by atoms with Crippen molar-refractivity contribution in [2.24, 2.45) is 0 Å².